The van der Waals surface area contributed by atoms with Crippen LogP contribution in [0.4, 0.5) is 13.2 Å². The second-order valence-corrected chi connectivity index (χ2v) is 5.63. The number of hydrogen-bond donors (Lipinski definition) is 0. The van der Waals surface area contributed by atoms with Crippen molar-refractivity contribution in [1.29, 1.82) is 0 Å². The topological polar surface area (TPSA) is 26.3 Å². The van der Waals surface area contributed by atoms with Crippen LogP contribution in [0.2, 0.25) is 10.0 Å². The molecule has 0 aliphatic carbocycles. The lowest BCUT2D eigenvalue weighted by Gasteiger charge is -2.18. The zero-order valence-corrected chi connectivity index (χ0v) is 13.1. The number of ether oxygens (including phenoxy) is 1. The van der Waals surface area contributed by atoms with E-state index in [1.165, 1.54) is 0 Å². The van der Waals surface area contributed by atoms with Gasteiger partial charge in [0.25, 0.3) is 0 Å². The lowest BCUT2D eigenvalue weighted by molar-refractivity contribution is -0.186. The summed E-state index contributed by atoms with van der Waals surface area (Å²) in [5, 5.41) is 0.902. The molecule has 23 heavy (non-hydrogen) atoms. The SMILES string of the molecule is O=C(OCC(F)(F)F)C(c1ccc(Cl)cc1)c1ccc(Cl)cc1. The molecule has 2 nitrogen and oxygen atoms in total. The van der Waals surface area contributed by atoms with Crippen molar-refractivity contribution in [2.75, 3.05) is 6.61 Å². The highest BCUT2D eigenvalue weighted by Crippen LogP contribution is 2.29. The predicted molar refractivity (Wildman–Crippen MR) is 81.8 cm³/mol. The summed E-state index contributed by atoms with van der Waals surface area (Å²) in [6.07, 6.45) is -4.58. The first-order valence-electron chi connectivity index (χ1n) is 6.50. The molecule has 0 radical (unpaired) electrons. The summed E-state index contributed by atoms with van der Waals surface area (Å²) < 4.78 is 41.2. The smallest absolute Gasteiger partial charge is 0.422 e. The van der Waals surface area contributed by atoms with E-state index in [-0.39, 0.29) is 0 Å². The van der Waals surface area contributed by atoms with Gasteiger partial charge in [-0.3, -0.25) is 4.79 Å². The summed E-state index contributed by atoms with van der Waals surface area (Å²) in [6, 6.07) is 12.5. The van der Waals surface area contributed by atoms with Gasteiger partial charge in [0.15, 0.2) is 6.61 Å². The van der Waals surface area contributed by atoms with Crippen LogP contribution < -0.4 is 0 Å². The van der Waals surface area contributed by atoms with E-state index in [0.29, 0.717) is 21.2 Å². The Morgan fingerprint density at radius 3 is 1.65 bits per heavy atom. The highest BCUT2D eigenvalue weighted by atomic mass is 35.5. The van der Waals surface area contributed by atoms with Crippen LogP contribution in [-0.2, 0) is 9.53 Å². The van der Waals surface area contributed by atoms with Crippen molar-refractivity contribution in [3.63, 3.8) is 0 Å². The van der Waals surface area contributed by atoms with Crippen LogP contribution in [-0.4, -0.2) is 18.8 Å². The Hall–Kier alpha value is -1.72. The van der Waals surface area contributed by atoms with Gasteiger partial charge < -0.3 is 4.74 Å². The first-order valence-corrected chi connectivity index (χ1v) is 7.26. The van der Waals surface area contributed by atoms with Gasteiger partial charge in [-0.05, 0) is 35.4 Å². The molecule has 2 rings (SSSR count). The van der Waals surface area contributed by atoms with Crippen molar-refractivity contribution in [3.8, 4) is 0 Å². The molecule has 0 saturated carbocycles. The molecule has 0 amide bonds. The summed E-state index contributed by atoms with van der Waals surface area (Å²) >= 11 is 11.6. The maximum Gasteiger partial charge on any atom is 0.422 e. The van der Waals surface area contributed by atoms with Crippen molar-refractivity contribution in [2.45, 2.75) is 12.1 Å². The monoisotopic (exact) mass is 362 g/mol. The summed E-state index contributed by atoms with van der Waals surface area (Å²) in [7, 11) is 0. The van der Waals surface area contributed by atoms with Gasteiger partial charge in [0.05, 0.1) is 0 Å². The largest absolute Gasteiger partial charge is 0.455 e. The molecule has 0 fully saturated rings. The van der Waals surface area contributed by atoms with Gasteiger partial charge in [-0.1, -0.05) is 47.5 Å². The molecule has 2 aromatic rings. The molecule has 2 aromatic carbocycles. The Labute approximate surface area is 140 Å². The molecule has 122 valence electrons. The maximum absolute atomic E-state index is 12.3. The van der Waals surface area contributed by atoms with E-state index in [1.54, 1.807) is 48.5 Å². The van der Waals surface area contributed by atoms with E-state index >= 15 is 0 Å². The zero-order valence-electron chi connectivity index (χ0n) is 11.6. The van der Waals surface area contributed by atoms with Crippen molar-refractivity contribution in [1.82, 2.24) is 0 Å². The quantitative estimate of drug-likeness (QED) is 0.696. The van der Waals surface area contributed by atoms with Crippen LogP contribution in [0.3, 0.4) is 0 Å². The fourth-order valence-electron chi connectivity index (χ4n) is 2.01. The average molecular weight is 363 g/mol. The van der Waals surface area contributed by atoms with E-state index < -0.39 is 24.7 Å². The third-order valence-corrected chi connectivity index (χ3v) is 3.52. The van der Waals surface area contributed by atoms with Gasteiger partial charge in [-0.25, -0.2) is 0 Å². The standard InChI is InChI=1S/C16H11Cl2F3O2/c17-12-5-1-10(2-6-12)14(11-3-7-13(18)8-4-11)15(22)23-9-16(19,20)21/h1-8,14H,9H2. The second kappa shape index (κ2) is 7.23. The van der Waals surface area contributed by atoms with Crippen LogP contribution in [0.15, 0.2) is 48.5 Å². The number of esters is 1. The van der Waals surface area contributed by atoms with Crippen LogP contribution in [0.25, 0.3) is 0 Å². The molecule has 0 N–H and O–H groups in total. The first-order chi connectivity index (χ1) is 10.8. The minimum Gasteiger partial charge on any atom is -0.455 e. The number of carbonyl (C=O) groups excluding carboxylic acids is 1. The molecule has 7 heteroatoms. The summed E-state index contributed by atoms with van der Waals surface area (Å²) in [6.45, 7) is -1.64. The zero-order chi connectivity index (χ0) is 17.0. The second-order valence-electron chi connectivity index (χ2n) is 4.76. The molecule has 0 bridgehead atoms. The molecule has 0 aliphatic heterocycles. The summed E-state index contributed by atoms with van der Waals surface area (Å²) in [4.78, 5) is 12.2. The minimum atomic E-state index is -4.58. The van der Waals surface area contributed by atoms with Crippen LogP contribution in [0.1, 0.15) is 17.0 Å². The number of carbonyl (C=O) groups is 1. The Morgan fingerprint density at radius 2 is 1.30 bits per heavy atom. The van der Waals surface area contributed by atoms with E-state index in [1.807, 2.05) is 0 Å². The van der Waals surface area contributed by atoms with Crippen molar-refractivity contribution >= 4 is 29.2 Å². The van der Waals surface area contributed by atoms with Crippen molar-refractivity contribution in [3.05, 3.63) is 69.7 Å². The molecule has 0 spiro atoms. The average Bonchev–Trinajstić information content (AvgIpc) is 2.49. The number of alkyl halides is 3. The van der Waals surface area contributed by atoms with E-state index in [2.05, 4.69) is 4.74 Å². The molecular weight excluding hydrogens is 352 g/mol. The highest BCUT2D eigenvalue weighted by Gasteiger charge is 2.32. The molecular formula is C16H11Cl2F3O2. The third kappa shape index (κ3) is 5.15. The first kappa shape index (κ1) is 17.6. The molecule has 0 atom stereocenters. The predicted octanol–water partition coefficient (Wildman–Crippen LogP) is 5.23. The van der Waals surface area contributed by atoms with Crippen molar-refractivity contribution in [2.24, 2.45) is 0 Å². The lowest BCUT2D eigenvalue weighted by Crippen LogP contribution is -2.24. The van der Waals surface area contributed by atoms with Gasteiger partial charge in [-0.2, -0.15) is 13.2 Å². The van der Waals surface area contributed by atoms with Crippen LogP contribution >= 0.6 is 23.2 Å². The summed E-state index contributed by atoms with van der Waals surface area (Å²) in [5.74, 6) is -1.99. The molecule has 0 heterocycles. The molecule has 0 aliphatic rings. The number of rotatable bonds is 4. The Morgan fingerprint density at radius 1 is 0.913 bits per heavy atom. The van der Waals surface area contributed by atoms with Gasteiger partial charge in [0, 0.05) is 10.0 Å². The fraction of sp³-hybridized carbons (Fsp3) is 0.188. The molecule has 0 aromatic heterocycles. The number of benzene rings is 2. The Bertz CT molecular complexity index is 622. The molecule has 0 saturated heterocycles. The number of hydrogen-bond acceptors (Lipinski definition) is 2. The van der Waals surface area contributed by atoms with Gasteiger partial charge in [0.2, 0.25) is 0 Å². The van der Waals surface area contributed by atoms with Crippen LogP contribution in [0.5, 0.6) is 0 Å². The number of halogens is 5. The van der Waals surface area contributed by atoms with Crippen LogP contribution in [0, 0.1) is 0 Å². The Balaban J connectivity index is 2.33. The van der Waals surface area contributed by atoms with Crippen molar-refractivity contribution < 1.29 is 22.7 Å². The van der Waals surface area contributed by atoms with E-state index in [9.17, 15) is 18.0 Å². The summed E-state index contributed by atoms with van der Waals surface area (Å²) in [5.41, 5.74) is 0.952. The molecule has 0 unspecified atom stereocenters. The van der Waals surface area contributed by atoms with Gasteiger partial charge in [0.1, 0.15) is 5.92 Å². The van der Waals surface area contributed by atoms with Gasteiger partial charge in [-0.15, -0.1) is 0 Å². The fourth-order valence-corrected chi connectivity index (χ4v) is 2.26. The van der Waals surface area contributed by atoms with E-state index in [0.717, 1.165) is 0 Å². The lowest BCUT2D eigenvalue weighted by atomic mass is 9.91. The van der Waals surface area contributed by atoms with Gasteiger partial charge >= 0.3 is 12.1 Å². The minimum absolute atomic E-state index is 0.451. The Kier molecular flexibility index (Phi) is 5.55. The maximum atomic E-state index is 12.3. The highest BCUT2D eigenvalue weighted by molar-refractivity contribution is 6.30. The van der Waals surface area contributed by atoms with E-state index in [4.69, 9.17) is 23.2 Å². The normalized spacial score (nSPS) is 11.6. The third-order valence-electron chi connectivity index (χ3n) is 3.02.